The molecule has 0 saturated heterocycles. The van der Waals surface area contributed by atoms with Crippen molar-refractivity contribution in [2.24, 2.45) is 0 Å². The van der Waals surface area contributed by atoms with Gasteiger partial charge in [-0.1, -0.05) is 30.3 Å². The molecule has 0 heterocycles. The lowest BCUT2D eigenvalue weighted by molar-refractivity contribution is -0.121. The molecule has 2 nitrogen and oxygen atoms in total. The van der Waals surface area contributed by atoms with Crippen molar-refractivity contribution in [1.82, 2.24) is 5.32 Å². The highest BCUT2D eigenvalue weighted by Crippen LogP contribution is 1.99. The summed E-state index contributed by atoms with van der Waals surface area (Å²) in [7, 11) is 0. The molecule has 1 atom stereocenters. The fourth-order valence-electron chi connectivity index (χ4n) is 1.33. The maximum absolute atomic E-state index is 11.5. The van der Waals surface area contributed by atoms with Gasteiger partial charge in [0.25, 0.3) is 0 Å². The summed E-state index contributed by atoms with van der Waals surface area (Å²) in [5.74, 6) is 2.54. The van der Waals surface area contributed by atoms with E-state index in [4.69, 9.17) is 6.42 Å². The van der Waals surface area contributed by atoms with Gasteiger partial charge in [-0.15, -0.1) is 12.3 Å². The molecule has 78 valence electrons. The van der Waals surface area contributed by atoms with E-state index in [-0.39, 0.29) is 11.9 Å². The van der Waals surface area contributed by atoms with E-state index >= 15 is 0 Å². The van der Waals surface area contributed by atoms with Gasteiger partial charge in [-0.3, -0.25) is 4.79 Å². The molecule has 0 aromatic heterocycles. The lowest BCUT2D eigenvalue weighted by Crippen LogP contribution is -2.33. The summed E-state index contributed by atoms with van der Waals surface area (Å²) in [5, 5.41) is 2.85. The first-order valence-electron chi connectivity index (χ1n) is 4.99. The number of hydrogen-bond donors (Lipinski definition) is 1. The summed E-state index contributed by atoms with van der Waals surface area (Å²) in [6.45, 7) is 1.91. The molecule has 1 rings (SSSR count). The first-order chi connectivity index (χ1) is 7.22. The van der Waals surface area contributed by atoms with Crippen LogP contribution in [0.3, 0.4) is 0 Å². The molecule has 1 unspecified atom stereocenters. The Morgan fingerprint density at radius 3 is 2.73 bits per heavy atom. The highest BCUT2D eigenvalue weighted by atomic mass is 16.1. The Morgan fingerprint density at radius 2 is 2.13 bits per heavy atom. The number of carbonyl (C=O) groups excluding carboxylic acids is 1. The van der Waals surface area contributed by atoms with Crippen LogP contribution in [0.1, 0.15) is 18.9 Å². The Bertz CT molecular complexity index is 351. The molecule has 1 amide bonds. The van der Waals surface area contributed by atoms with Crippen LogP contribution in [0.5, 0.6) is 0 Å². The van der Waals surface area contributed by atoms with Crippen LogP contribution in [-0.2, 0) is 11.2 Å². The molecule has 0 fully saturated rings. The van der Waals surface area contributed by atoms with Crippen molar-refractivity contribution in [2.75, 3.05) is 0 Å². The summed E-state index contributed by atoms with van der Waals surface area (Å²) in [6.07, 6.45) is 6.14. The van der Waals surface area contributed by atoms with Gasteiger partial charge in [0, 0.05) is 12.5 Å². The molecule has 0 spiro atoms. The van der Waals surface area contributed by atoms with Gasteiger partial charge in [-0.05, 0) is 12.5 Å². The number of benzene rings is 1. The van der Waals surface area contributed by atoms with Gasteiger partial charge < -0.3 is 5.32 Å². The summed E-state index contributed by atoms with van der Waals surface area (Å²) >= 11 is 0. The Kier molecular flexibility index (Phi) is 4.43. The van der Waals surface area contributed by atoms with Crippen LogP contribution in [0.25, 0.3) is 0 Å². The molecule has 2 heteroatoms. The van der Waals surface area contributed by atoms with Gasteiger partial charge in [-0.2, -0.15) is 0 Å². The summed E-state index contributed by atoms with van der Waals surface area (Å²) in [4.78, 5) is 11.5. The number of rotatable bonds is 4. The normalized spacial score (nSPS) is 11.5. The Balaban J connectivity index is 2.41. The fourth-order valence-corrected chi connectivity index (χ4v) is 1.33. The topological polar surface area (TPSA) is 29.1 Å². The van der Waals surface area contributed by atoms with Crippen LogP contribution in [0.4, 0.5) is 0 Å². The first kappa shape index (κ1) is 11.3. The Morgan fingerprint density at radius 1 is 1.47 bits per heavy atom. The Labute approximate surface area is 90.7 Å². The molecule has 0 saturated carbocycles. The molecule has 0 bridgehead atoms. The van der Waals surface area contributed by atoms with Crippen molar-refractivity contribution < 1.29 is 4.79 Å². The number of amides is 1. The molecule has 1 aromatic rings. The van der Waals surface area contributed by atoms with Crippen LogP contribution in [0, 0.1) is 12.3 Å². The highest BCUT2D eigenvalue weighted by Gasteiger charge is 2.06. The predicted molar refractivity (Wildman–Crippen MR) is 61.2 cm³/mol. The van der Waals surface area contributed by atoms with Gasteiger partial charge in [0.1, 0.15) is 0 Å². The van der Waals surface area contributed by atoms with E-state index in [9.17, 15) is 4.79 Å². The number of nitrogens with one attached hydrogen (secondary N) is 1. The van der Waals surface area contributed by atoms with Gasteiger partial charge in [0.05, 0.1) is 6.42 Å². The van der Waals surface area contributed by atoms with Crippen LogP contribution < -0.4 is 5.32 Å². The van der Waals surface area contributed by atoms with E-state index in [1.54, 1.807) is 0 Å². The minimum Gasteiger partial charge on any atom is -0.352 e. The second-order valence-electron chi connectivity index (χ2n) is 3.54. The van der Waals surface area contributed by atoms with Crippen LogP contribution in [0.15, 0.2) is 30.3 Å². The van der Waals surface area contributed by atoms with Gasteiger partial charge in [-0.25, -0.2) is 0 Å². The van der Waals surface area contributed by atoms with Gasteiger partial charge >= 0.3 is 0 Å². The summed E-state index contributed by atoms with van der Waals surface area (Å²) in [6, 6.07) is 9.70. The van der Waals surface area contributed by atoms with Crippen molar-refractivity contribution in [1.29, 1.82) is 0 Å². The van der Waals surface area contributed by atoms with E-state index in [1.165, 1.54) is 0 Å². The minimum atomic E-state index is 0.0175. The van der Waals surface area contributed by atoms with Crippen LogP contribution >= 0.6 is 0 Å². The molecular weight excluding hydrogens is 186 g/mol. The number of carbonyl (C=O) groups is 1. The smallest absolute Gasteiger partial charge is 0.224 e. The van der Waals surface area contributed by atoms with E-state index in [0.717, 1.165) is 5.56 Å². The molecule has 0 radical (unpaired) electrons. The maximum Gasteiger partial charge on any atom is 0.224 e. The zero-order valence-electron chi connectivity index (χ0n) is 8.86. The first-order valence-corrected chi connectivity index (χ1v) is 4.99. The molecule has 15 heavy (non-hydrogen) atoms. The zero-order valence-corrected chi connectivity index (χ0v) is 8.86. The van der Waals surface area contributed by atoms with E-state index < -0.39 is 0 Å². The average molecular weight is 201 g/mol. The average Bonchev–Trinajstić information content (AvgIpc) is 2.19. The minimum absolute atomic E-state index is 0.0175. The van der Waals surface area contributed by atoms with E-state index in [1.807, 2.05) is 37.3 Å². The van der Waals surface area contributed by atoms with Gasteiger partial charge in [0.15, 0.2) is 0 Å². The fraction of sp³-hybridized carbons (Fsp3) is 0.308. The van der Waals surface area contributed by atoms with Crippen molar-refractivity contribution >= 4 is 5.91 Å². The largest absolute Gasteiger partial charge is 0.352 e. The van der Waals surface area contributed by atoms with Crippen molar-refractivity contribution in [3.63, 3.8) is 0 Å². The molecule has 0 aliphatic rings. The summed E-state index contributed by atoms with van der Waals surface area (Å²) in [5.41, 5.74) is 1.02. The van der Waals surface area contributed by atoms with Crippen molar-refractivity contribution in [3.8, 4) is 12.3 Å². The molecule has 1 N–H and O–H groups in total. The van der Waals surface area contributed by atoms with Crippen molar-refractivity contribution in [3.05, 3.63) is 35.9 Å². The standard InChI is InChI=1S/C13H15NO/c1-3-7-11(2)14-13(15)10-12-8-5-4-6-9-12/h1,4-6,8-9,11H,7,10H2,2H3,(H,14,15). The monoisotopic (exact) mass is 201 g/mol. The molecule has 0 aliphatic carbocycles. The third kappa shape index (κ3) is 4.33. The summed E-state index contributed by atoms with van der Waals surface area (Å²) < 4.78 is 0. The predicted octanol–water partition coefficient (Wildman–Crippen LogP) is 1.76. The van der Waals surface area contributed by atoms with Gasteiger partial charge in [0.2, 0.25) is 5.91 Å². The number of hydrogen-bond acceptors (Lipinski definition) is 1. The van der Waals surface area contributed by atoms with Crippen LogP contribution in [-0.4, -0.2) is 11.9 Å². The van der Waals surface area contributed by atoms with E-state index in [0.29, 0.717) is 12.8 Å². The number of terminal acetylenes is 1. The second kappa shape index (κ2) is 5.87. The van der Waals surface area contributed by atoms with E-state index in [2.05, 4.69) is 11.2 Å². The second-order valence-corrected chi connectivity index (χ2v) is 3.54. The van der Waals surface area contributed by atoms with Crippen LogP contribution in [0.2, 0.25) is 0 Å². The Hall–Kier alpha value is -1.75. The molecular formula is C13H15NO. The third-order valence-corrected chi connectivity index (χ3v) is 2.04. The lowest BCUT2D eigenvalue weighted by Gasteiger charge is -2.10. The third-order valence-electron chi connectivity index (χ3n) is 2.04. The molecule has 0 aliphatic heterocycles. The molecule has 1 aromatic carbocycles. The maximum atomic E-state index is 11.5. The lowest BCUT2D eigenvalue weighted by atomic mass is 10.1. The quantitative estimate of drug-likeness (QED) is 0.739. The highest BCUT2D eigenvalue weighted by molar-refractivity contribution is 5.78. The zero-order chi connectivity index (χ0) is 11.1. The SMILES string of the molecule is C#CCC(C)NC(=O)Cc1ccccc1. The van der Waals surface area contributed by atoms with Crippen molar-refractivity contribution in [2.45, 2.75) is 25.8 Å².